The summed E-state index contributed by atoms with van der Waals surface area (Å²) in [7, 11) is -1.23. The normalized spacial score (nSPS) is 14.2. The molecule has 1 aromatic carbocycles. The van der Waals surface area contributed by atoms with E-state index in [1.165, 1.54) is 0 Å². The van der Waals surface area contributed by atoms with Gasteiger partial charge in [0.1, 0.15) is 11.0 Å². The Hall–Kier alpha value is -1.55. The minimum absolute atomic E-state index is 0.333. The molecule has 0 radical (unpaired) electrons. The maximum Gasteiger partial charge on any atom is 0.144 e. The Morgan fingerprint density at radius 3 is 2.72 bits per heavy atom. The third-order valence-corrected chi connectivity index (χ3v) is 3.78. The molecule has 1 atom stereocenters. The van der Waals surface area contributed by atoms with Crippen molar-refractivity contribution in [1.29, 1.82) is 0 Å². The number of pyridine rings is 1. The molecule has 0 saturated carbocycles. The van der Waals surface area contributed by atoms with E-state index in [1.807, 2.05) is 51.1 Å². The second kappa shape index (κ2) is 4.98. The molecule has 0 unspecified atom stereocenters. The van der Waals surface area contributed by atoms with E-state index in [2.05, 4.69) is 9.38 Å². The smallest absolute Gasteiger partial charge is 0.144 e. The zero-order valence-corrected chi connectivity index (χ0v) is 11.6. The van der Waals surface area contributed by atoms with E-state index in [0.717, 1.165) is 16.5 Å². The van der Waals surface area contributed by atoms with Crippen LogP contribution < -0.4 is 0 Å². The molecule has 0 N–H and O–H groups in total. The number of fused-ring (bicyclic) bond motifs is 1. The van der Waals surface area contributed by atoms with Gasteiger partial charge < -0.3 is 0 Å². The van der Waals surface area contributed by atoms with E-state index in [0.29, 0.717) is 0 Å². The highest BCUT2D eigenvalue weighted by Crippen LogP contribution is 2.14. The number of para-hydroxylation sites is 1. The molecule has 0 saturated heterocycles. The van der Waals surface area contributed by atoms with Gasteiger partial charge in [-0.15, -0.1) is 0 Å². The highest BCUT2D eigenvalue weighted by molar-refractivity contribution is 7.85. The molecular formula is C14H16N2OS. The zero-order valence-electron chi connectivity index (χ0n) is 10.8. The van der Waals surface area contributed by atoms with E-state index in [1.54, 1.807) is 12.4 Å². The summed E-state index contributed by atoms with van der Waals surface area (Å²) in [5.41, 5.74) is 1.82. The molecule has 0 amide bonds. The second-order valence-corrected chi connectivity index (χ2v) is 6.99. The summed E-state index contributed by atoms with van der Waals surface area (Å²) in [4.78, 5) is 4.33. The molecule has 0 aliphatic heterocycles. The first kappa shape index (κ1) is 12.9. The van der Waals surface area contributed by atoms with Crippen LogP contribution in [-0.2, 0) is 11.0 Å². The fourth-order valence-corrected chi connectivity index (χ4v) is 1.96. The minimum Gasteiger partial charge on any atom is -0.256 e. The third-order valence-electron chi connectivity index (χ3n) is 2.43. The van der Waals surface area contributed by atoms with Gasteiger partial charge in [0.15, 0.2) is 0 Å². The van der Waals surface area contributed by atoms with Gasteiger partial charge in [-0.1, -0.05) is 18.2 Å². The van der Waals surface area contributed by atoms with Crippen molar-refractivity contribution in [2.75, 3.05) is 0 Å². The first-order chi connectivity index (χ1) is 8.47. The summed E-state index contributed by atoms with van der Waals surface area (Å²) in [6.45, 7) is 5.71. The van der Waals surface area contributed by atoms with Crippen LogP contribution in [0.1, 0.15) is 26.3 Å². The summed E-state index contributed by atoms with van der Waals surface area (Å²) in [6.07, 6.45) is 3.37. The highest BCUT2D eigenvalue weighted by atomic mass is 32.2. The minimum atomic E-state index is -1.23. The Bertz CT molecular complexity index is 614. The molecule has 1 aromatic heterocycles. The van der Waals surface area contributed by atoms with Crippen LogP contribution in [0.2, 0.25) is 0 Å². The maximum atomic E-state index is 11.8. The summed E-state index contributed by atoms with van der Waals surface area (Å²) < 4.78 is 15.5. The zero-order chi connectivity index (χ0) is 13.2. The molecule has 3 nitrogen and oxygen atoms in total. The van der Waals surface area contributed by atoms with Crippen molar-refractivity contribution in [2.45, 2.75) is 25.5 Å². The molecule has 2 rings (SSSR count). The van der Waals surface area contributed by atoms with E-state index in [-0.39, 0.29) is 4.75 Å². The second-order valence-electron chi connectivity index (χ2n) is 5.06. The van der Waals surface area contributed by atoms with Gasteiger partial charge in [-0.2, -0.15) is 4.40 Å². The van der Waals surface area contributed by atoms with Gasteiger partial charge in [0.05, 0.1) is 10.3 Å². The van der Waals surface area contributed by atoms with Gasteiger partial charge >= 0.3 is 0 Å². The fourth-order valence-electron chi connectivity index (χ4n) is 1.43. The van der Waals surface area contributed by atoms with Crippen LogP contribution in [0.3, 0.4) is 0 Å². The molecule has 18 heavy (non-hydrogen) atoms. The van der Waals surface area contributed by atoms with Crippen molar-refractivity contribution in [2.24, 2.45) is 4.40 Å². The molecular weight excluding hydrogens is 244 g/mol. The topological polar surface area (TPSA) is 42.3 Å². The molecule has 0 bridgehead atoms. The van der Waals surface area contributed by atoms with Gasteiger partial charge in [0.25, 0.3) is 0 Å². The maximum absolute atomic E-state index is 11.8. The molecule has 2 aromatic rings. The van der Waals surface area contributed by atoms with Crippen LogP contribution >= 0.6 is 0 Å². The van der Waals surface area contributed by atoms with Crippen molar-refractivity contribution in [3.63, 3.8) is 0 Å². The fraction of sp³-hybridized carbons (Fsp3) is 0.286. The predicted octanol–water partition coefficient (Wildman–Crippen LogP) is 3.12. The summed E-state index contributed by atoms with van der Waals surface area (Å²) in [5, 5.41) is 1.06. The van der Waals surface area contributed by atoms with Crippen molar-refractivity contribution in [3.8, 4) is 0 Å². The van der Waals surface area contributed by atoms with Crippen molar-refractivity contribution < 1.29 is 4.21 Å². The van der Waals surface area contributed by atoms with E-state index >= 15 is 0 Å². The quantitative estimate of drug-likeness (QED) is 0.779. The third kappa shape index (κ3) is 3.01. The lowest BCUT2D eigenvalue weighted by molar-refractivity contribution is 0.651. The van der Waals surface area contributed by atoms with Crippen LogP contribution in [0.5, 0.6) is 0 Å². The Morgan fingerprint density at radius 2 is 2.00 bits per heavy atom. The lowest BCUT2D eigenvalue weighted by atomic mass is 10.2. The summed E-state index contributed by atoms with van der Waals surface area (Å²) >= 11 is 0. The first-order valence-corrected chi connectivity index (χ1v) is 6.88. The number of hydrogen-bond acceptors (Lipinski definition) is 2. The van der Waals surface area contributed by atoms with Gasteiger partial charge in [-0.3, -0.25) is 4.98 Å². The molecule has 0 spiro atoms. The average molecular weight is 260 g/mol. The molecule has 4 heteroatoms. The molecule has 1 heterocycles. The summed E-state index contributed by atoms with van der Waals surface area (Å²) in [5.74, 6) is 0. The first-order valence-electron chi connectivity index (χ1n) is 5.78. The molecule has 0 fully saturated rings. The lowest BCUT2D eigenvalue weighted by Gasteiger charge is -2.12. The number of benzene rings is 1. The Balaban J connectivity index is 2.27. The van der Waals surface area contributed by atoms with Crippen molar-refractivity contribution in [3.05, 3.63) is 42.1 Å². The SMILES string of the molecule is CC(C)(C)[S@@](=O)/N=C/c1cnc2ccccc2c1. The van der Waals surface area contributed by atoms with E-state index in [4.69, 9.17) is 0 Å². The van der Waals surface area contributed by atoms with Gasteiger partial charge in [-0.05, 0) is 32.9 Å². The number of nitrogens with zero attached hydrogens (tertiary/aromatic N) is 2. The van der Waals surface area contributed by atoms with E-state index < -0.39 is 11.0 Å². The molecule has 0 aliphatic rings. The van der Waals surface area contributed by atoms with Gasteiger partial charge in [0.2, 0.25) is 0 Å². The monoisotopic (exact) mass is 260 g/mol. The highest BCUT2D eigenvalue weighted by Gasteiger charge is 2.18. The Morgan fingerprint density at radius 1 is 1.28 bits per heavy atom. The van der Waals surface area contributed by atoms with Crippen LogP contribution in [0.15, 0.2) is 40.9 Å². The number of aromatic nitrogens is 1. The number of hydrogen-bond donors (Lipinski definition) is 0. The molecule has 0 aliphatic carbocycles. The standard InChI is InChI=1S/C14H16N2OS/c1-14(2,3)18(17)16-10-11-8-12-6-4-5-7-13(12)15-9-11/h4-10H,1-3H3/b16-10+/t18-/m1/s1. The Kier molecular flexibility index (Phi) is 3.57. The largest absolute Gasteiger partial charge is 0.256 e. The van der Waals surface area contributed by atoms with Crippen molar-refractivity contribution in [1.82, 2.24) is 4.98 Å². The van der Waals surface area contributed by atoms with Crippen LogP contribution in [0.25, 0.3) is 10.9 Å². The molecule has 94 valence electrons. The Labute approximate surface area is 110 Å². The van der Waals surface area contributed by atoms with Crippen molar-refractivity contribution >= 4 is 28.1 Å². The van der Waals surface area contributed by atoms with Crippen LogP contribution in [0.4, 0.5) is 0 Å². The van der Waals surface area contributed by atoms with E-state index in [9.17, 15) is 4.21 Å². The average Bonchev–Trinajstić information content (AvgIpc) is 2.34. The van der Waals surface area contributed by atoms with Crippen LogP contribution in [0, 0.1) is 0 Å². The van der Waals surface area contributed by atoms with Gasteiger partial charge in [0, 0.05) is 23.4 Å². The summed E-state index contributed by atoms with van der Waals surface area (Å²) in [6, 6.07) is 9.88. The number of rotatable bonds is 2. The van der Waals surface area contributed by atoms with Crippen LogP contribution in [-0.4, -0.2) is 20.2 Å². The predicted molar refractivity (Wildman–Crippen MR) is 77.2 cm³/mol. The lowest BCUT2D eigenvalue weighted by Crippen LogP contribution is -2.19. The van der Waals surface area contributed by atoms with Gasteiger partial charge in [-0.25, -0.2) is 4.21 Å².